The van der Waals surface area contributed by atoms with Gasteiger partial charge in [0, 0.05) is 0 Å². The molecule has 0 saturated heterocycles. The SMILES string of the molecule is CC(=O)C(C)(COS(=O)[O-])C(=O)OC(C)(C)C. The molecule has 0 aromatic rings. The molecule has 0 radical (unpaired) electrons. The molecule has 2 atom stereocenters. The standard InChI is InChI=1S/C10H18O6S/c1-7(11)10(5,6-15-17(13)14)8(12)16-9(2,3)4/h6H2,1-5H3,(H,13,14)/p-1. The van der Waals surface area contributed by atoms with Gasteiger partial charge in [0.2, 0.25) is 0 Å². The van der Waals surface area contributed by atoms with Crippen molar-refractivity contribution < 1.29 is 27.3 Å². The number of Topliss-reactive ketones (excluding diaryl/α,β-unsaturated/α-hetero) is 1. The van der Waals surface area contributed by atoms with E-state index >= 15 is 0 Å². The molecule has 0 aromatic heterocycles. The Morgan fingerprint density at radius 3 is 2.00 bits per heavy atom. The fourth-order valence-electron chi connectivity index (χ4n) is 0.861. The van der Waals surface area contributed by atoms with Gasteiger partial charge in [0.25, 0.3) is 0 Å². The van der Waals surface area contributed by atoms with E-state index in [1.165, 1.54) is 13.8 Å². The van der Waals surface area contributed by atoms with E-state index in [-0.39, 0.29) is 0 Å². The summed E-state index contributed by atoms with van der Waals surface area (Å²) < 4.78 is 29.9. The number of ether oxygens (including phenoxy) is 1. The maximum Gasteiger partial charge on any atom is 0.322 e. The number of esters is 1. The van der Waals surface area contributed by atoms with Gasteiger partial charge in [-0.3, -0.25) is 13.8 Å². The Balaban J connectivity index is 4.88. The molecule has 0 heterocycles. The molecule has 0 aliphatic carbocycles. The predicted octanol–water partition coefficient (Wildman–Crippen LogP) is 0.734. The first-order valence-corrected chi connectivity index (χ1v) is 5.96. The maximum atomic E-state index is 11.8. The topological polar surface area (TPSA) is 92.7 Å². The Labute approximate surface area is 103 Å². The first-order chi connectivity index (χ1) is 7.49. The highest BCUT2D eigenvalue weighted by molar-refractivity contribution is 7.74. The van der Waals surface area contributed by atoms with E-state index in [2.05, 4.69) is 4.18 Å². The Hall–Kier alpha value is -0.790. The van der Waals surface area contributed by atoms with Crippen molar-refractivity contribution in [2.45, 2.75) is 40.2 Å². The molecule has 0 N–H and O–H groups in total. The van der Waals surface area contributed by atoms with E-state index < -0.39 is 40.7 Å². The lowest BCUT2D eigenvalue weighted by atomic mass is 9.87. The maximum absolute atomic E-state index is 11.8. The van der Waals surface area contributed by atoms with Crippen LogP contribution in [-0.2, 0) is 29.9 Å². The fraction of sp³-hybridized carbons (Fsp3) is 0.800. The molecule has 0 rings (SSSR count). The van der Waals surface area contributed by atoms with Crippen molar-refractivity contribution in [1.29, 1.82) is 0 Å². The van der Waals surface area contributed by atoms with Gasteiger partial charge < -0.3 is 9.29 Å². The summed E-state index contributed by atoms with van der Waals surface area (Å²) in [5.41, 5.74) is -2.38. The molecule has 7 heteroatoms. The van der Waals surface area contributed by atoms with Crippen molar-refractivity contribution in [3.63, 3.8) is 0 Å². The van der Waals surface area contributed by atoms with Crippen molar-refractivity contribution in [1.82, 2.24) is 0 Å². The van der Waals surface area contributed by atoms with E-state index in [0.717, 1.165) is 0 Å². The number of ketones is 1. The van der Waals surface area contributed by atoms with Crippen LogP contribution in [0.5, 0.6) is 0 Å². The van der Waals surface area contributed by atoms with Gasteiger partial charge in [0.05, 0.1) is 18.0 Å². The molecular formula is C10H17O6S-. The van der Waals surface area contributed by atoms with E-state index in [1.807, 2.05) is 0 Å². The summed E-state index contributed by atoms with van der Waals surface area (Å²) in [6.07, 6.45) is 0. The first kappa shape index (κ1) is 16.2. The Bertz CT molecular complexity index is 332. The smallest absolute Gasteiger partial charge is 0.322 e. The lowest BCUT2D eigenvalue weighted by Gasteiger charge is -2.29. The summed E-state index contributed by atoms with van der Waals surface area (Å²) >= 11 is -2.78. The normalized spacial score (nSPS) is 17.1. The van der Waals surface area contributed by atoms with Crippen molar-refractivity contribution in [2.24, 2.45) is 5.41 Å². The van der Waals surface area contributed by atoms with E-state index in [4.69, 9.17) is 4.74 Å². The summed E-state index contributed by atoms with van der Waals surface area (Å²) in [5, 5.41) is 0. The van der Waals surface area contributed by atoms with Gasteiger partial charge in [-0.15, -0.1) is 0 Å². The number of rotatable bonds is 5. The van der Waals surface area contributed by atoms with Gasteiger partial charge in [0.15, 0.2) is 0 Å². The van der Waals surface area contributed by atoms with Gasteiger partial charge in [-0.1, -0.05) is 0 Å². The molecule has 0 bridgehead atoms. The molecule has 0 aromatic carbocycles. The third-order valence-electron chi connectivity index (χ3n) is 2.07. The molecule has 0 amide bonds. The largest absolute Gasteiger partial charge is 0.750 e. The molecule has 17 heavy (non-hydrogen) atoms. The van der Waals surface area contributed by atoms with Crippen LogP contribution in [0, 0.1) is 5.41 Å². The van der Waals surface area contributed by atoms with Crippen molar-refractivity contribution in [3.8, 4) is 0 Å². The molecule has 0 saturated carbocycles. The van der Waals surface area contributed by atoms with Gasteiger partial charge in [-0.25, -0.2) is 4.21 Å². The van der Waals surface area contributed by atoms with Crippen LogP contribution in [0.1, 0.15) is 34.6 Å². The average molecular weight is 265 g/mol. The van der Waals surface area contributed by atoms with Crippen LogP contribution in [0.2, 0.25) is 0 Å². The highest BCUT2D eigenvalue weighted by Crippen LogP contribution is 2.24. The minimum atomic E-state index is -2.78. The van der Waals surface area contributed by atoms with Crippen LogP contribution >= 0.6 is 0 Å². The summed E-state index contributed by atoms with van der Waals surface area (Å²) in [5.74, 6) is -1.32. The van der Waals surface area contributed by atoms with Gasteiger partial charge in [0.1, 0.15) is 16.8 Å². The second kappa shape index (κ2) is 5.70. The molecule has 100 valence electrons. The Morgan fingerprint density at radius 2 is 1.71 bits per heavy atom. The molecule has 0 aliphatic heterocycles. The van der Waals surface area contributed by atoms with Crippen LogP contribution in [0.3, 0.4) is 0 Å². The number of carbonyl (C=O) groups is 2. The number of hydrogen-bond acceptors (Lipinski definition) is 6. The summed E-state index contributed by atoms with van der Waals surface area (Å²) in [6, 6.07) is 0. The molecule has 0 spiro atoms. The van der Waals surface area contributed by atoms with Crippen LogP contribution in [-0.4, -0.2) is 32.7 Å². The van der Waals surface area contributed by atoms with Crippen molar-refractivity contribution >= 4 is 23.1 Å². The second-order valence-corrected chi connectivity index (χ2v) is 5.50. The highest BCUT2D eigenvalue weighted by atomic mass is 32.2. The average Bonchev–Trinajstić information content (AvgIpc) is 2.10. The Kier molecular flexibility index (Phi) is 5.44. The first-order valence-electron chi connectivity index (χ1n) is 4.96. The quantitative estimate of drug-likeness (QED) is 0.413. The lowest BCUT2D eigenvalue weighted by Crippen LogP contribution is -2.43. The minimum Gasteiger partial charge on any atom is -0.750 e. The lowest BCUT2D eigenvalue weighted by molar-refractivity contribution is -0.170. The van der Waals surface area contributed by atoms with Crippen LogP contribution in [0.25, 0.3) is 0 Å². The number of hydrogen-bond donors (Lipinski definition) is 0. The van der Waals surface area contributed by atoms with Gasteiger partial charge >= 0.3 is 5.97 Å². The molecule has 0 aliphatic rings. The highest BCUT2D eigenvalue weighted by Gasteiger charge is 2.42. The Morgan fingerprint density at radius 1 is 1.24 bits per heavy atom. The van der Waals surface area contributed by atoms with Crippen LogP contribution < -0.4 is 0 Å². The summed E-state index contributed by atoms with van der Waals surface area (Å²) in [7, 11) is 0. The molecule has 6 nitrogen and oxygen atoms in total. The molecule has 2 unspecified atom stereocenters. The third-order valence-corrected chi connectivity index (χ3v) is 2.38. The van der Waals surface area contributed by atoms with E-state index in [1.54, 1.807) is 20.8 Å². The van der Waals surface area contributed by atoms with Gasteiger partial charge in [-0.05, 0) is 34.6 Å². The summed E-state index contributed by atoms with van der Waals surface area (Å²) in [6.45, 7) is 6.86. The third kappa shape index (κ3) is 5.38. The van der Waals surface area contributed by atoms with Crippen molar-refractivity contribution in [3.05, 3.63) is 0 Å². The van der Waals surface area contributed by atoms with Crippen LogP contribution in [0.15, 0.2) is 0 Å². The van der Waals surface area contributed by atoms with Crippen LogP contribution in [0.4, 0.5) is 0 Å². The fourth-order valence-corrected chi connectivity index (χ4v) is 1.19. The number of carbonyl (C=O) groups excluding carboxylic acids is 2. The monoisotopic (exact) mass is 265 g/mol. The van der Waals surface area contributed by atoms with Gasteiger partial charge in [-0.2, -0.15) is 0 Å². The minimum absolute atomic E-state index is 0.516. The zero-order chi connectivity index (χ0) is 13.9. The van der Waals surface area contributed by atoms with E-state index in [0.29, 0.717) is 0 Å². The predicted molar refractivity (Wildman–Crippen MR) is 59.5 cm³/mol. The zero-order valence-corrected chi connectivity index (χ0v) is 11.4. The zero-order valence-electron chi connectivity index (χ0n) is 10.6. The molecular weight excluding hydrogens is 248 g/mol. The molecule has 0 fully saturated rings. The van der Waals surface area contributed by atoms with Crippen molar-refractivity contribution in [2.75, 3.05) is 6.61 Å². The summed E-state index contributed by atoms with van der Waals surface area (Å²) in [4.78, 5) is 23.2. The van der Waals surface area contributed by atoms with E-state index in [9.17, 15) is 18.4 Å². The second-order valence-electron chi connectivity index (χ2n) is 4.86.